The lowest BCUT2D eigenvalue weighted by Gasteiger charge is -2.26. The molecule has 1 nitrogen and oxygen atoms in total. The molecule has 0 saturated heterocycles. The summed E-state index contributed by atoms with van der Waals surface area (Å²) in [5.41, 5.74) is 0.805. The summed E-state index contributed by atoms with van der Waals surface area (Å²) in [6, 6.07) is 7.85. The van der Waals surface area contributed by atoms with Gasteiger partial charge in [0.25, 0.3) is 0 Å². The van der Waals surface area contributed by atoms with E-state index in [9.17, 15) is 13.9 Å². The first kappa shape index (κ1) is 14.7. The van der Waals surface area contributed by atoms with Gasteiger partial charge in [-0.15, -0.1) is 0 Å². The first-order valence-electron chi connectivity index (χ1n) is 6.50. The van der Waals surface area contributed by atoms with Crippen LogP contribution in [0.2, 0.25) is 0 Å². The SMILES string of the molecule is Cc1ccc(C(C)(O)c2c(F)ccc(C)c2F)cc1C. The highest BCUT2D eigenvalue weighted by molar-refractivity contribution is 5.42. The molecule has 2 aromatic carbocycles. The largest absolute Gasteiger partial charge is 0.380 e. The van der Waals surface area contributed by atoms with Crippen LogP contribution in [-0.4, -0.2) is 5.11 Å². The van der Waals surface area contributed by atoms with Crippen LogP contribution < -0.4 is 0 Å². The molecule has 106 valence electrons. The molecule has 0 bridgehead atoms. The van der Waals surface area contributed by atoms with Gasteiger partial charge in [0, 0.05) is 0 Å². The van der Waals surface area contributed by atoms with E-state index in [2.05, 4.69) is 0 Å². The molecule has 20 heavy (non-hydrogen) atoms. The van der Waals surface area contributed by atoms with Crippen molar-refractivity contribution in [2.75, 3.05) is 0 Å². The number of benzene rings is 2. The Morgan fingerprint density at radius 2 is 1.50 bits per heavy atom. The molecule has 3 heteroatoms. The summed E-state index contributed by atoms with van der Waals surface area (Å²) >= 11 is 0. The maximum Gasteiger partial charge on any atom is 0.135 e. The van der Waals surface area contributed by atoms with Gasteiger partial charge in [-0.3, -0.25) is 0 Å². The quantitative estimate of drug-likeness (QED) is 0.873. The van der Waals surface area contributed by atoms with Crippen molar-refractivity contribution in [1.29, 1.82) is 0 Å². The molecule has 0 spiro atoms. The van der Waals surface area contributed by atoms with Gasteiger partial charge in [-0.05, 0) is 56.0 Å². The van der Waals surface area contributed by atoms with Crippen molar-refractivity contribution in [3.63, 3.8) is 0 Å². The fraction of sp³-hybridized carbons (Fsp3) is 0.294. The van der Waals surface area contributed by atoms with Crippen LogP contribution in [0.3, 0.4) is 0 Å². The lowest BCUT2D eigenvalue weighted by Crippen LogP contribution is -2.26. The Labute approximate surface area is 117 Å². The minimum absolute atomic E-state index is 0.305. The molecule has 0 aliphatic carbocycles. The average molecular weight is 276 g/mol. The number of halogens is 2. The molecule has 0 aliphatic rings. The molecule has 1 unspecified atom stereocenters. The minimum Gasteiger partial charge on any atom is -0.380 e. The fourth-order valence-electron chi connectivity index (χ4n) is 2.29. The molecule has 0 radical (unpaired) electrons. The van der Waals surface area contributed by atoms with Crippen molar-refractivity contribution in [2.24, 2.45) is 0 Å². The highest BCUT2D eigenvalue weighted by Crippen LogP contribution is 2.34. The zero-order chi connectivity index (χ0) is 15.1. The molecule has 1 atom stereocenters. The van der Waals surface area contributed by atoms with E-state index in [1.54, 1.807) is 19.1 Å². The average Bonchev–Trinajstić information content (AvgIpc) is 2.37. The Bertz CT molecular complexity index is 660. The summed E-state index contributed by atoms with van der Waals surface area (Å²) < 4.78 is 28.2. The van der Waals surface area contributed by atoms with Crippen LogP contribution >= 0.6 is 0 Å². The second-order valence-corrected chi connectivity index (χ2v) is 5.42. The van der Waals surface area contributed by atoms with Crippen molar-refractivity contribution in [1.82, 2.24) is 0 Å². The molecule has 1 N–H and O–H groups in total. The molecule has 0 fully saturated rings. The zero-order valence-electron chi connectivity index (χ0n) is 12.1. The lowest BCUT2D eigenvalue weighted by atomic mass is 9.85. The first-order chi connectivity index (χ1) is 9.25. The Kier molecular flexibility index (Phi) is 3.65. The first-order valence-corrected chi connectivity index (χ1v) is 6.50. The standard InChI is InChI=1S/C17H18F2O/c1-10-5-7-13(9-12(10)3)17(4,20)15-14(18)8-6-11(2)16(15)19/h5-9,20H,1-4H3. The van der Waals surface area contributed by atoms with E-state index in [-0.39, 0.29) is 5.56 Å². The number of hydrogen-bond acceptors (Lipinski definition) is 1. The second kappa shape index (κ2) is 4.98. The fourth-order valence-corrected chi connectivity index (χ4v) is 2.29. The molecule has 0 heterocycles. The van der Waals surface area contributed by atoms with Gasteiger partial charge in [-0.25, -0.2) is 8.78 Å². The van der Waals surface area contributed by atoms with Crippen LogP contribution in [0.1, 0.15) is 34.7 Å². The topological polar surface area (TPSA) is 20.2 Å². The van der Waals surface area contributed by atoms with E-state index in [0.717, 1.165) is 11.1 Å². The third-order valence-corrected chi connectivity index (χ3v) is 3.84. The summed E-state index contributed by atoms with van der Waals surface area (Å²) in [7, 11) is 0. The molecular weight excluding hydrogens is 258 g/mol. The van der Waals surface area contributed by atoms with E-state index in [1.165, 1.54) is 19.1 Å². The molecule has 0 saturated carbocycles. The lowest BCUT2D eigenvalue weighted by molar-refractivity contribution is 0.0931. The van der Waals surface area contributed by atoms with Gasteiger partial charge in [0.15, 0.2) is 0 Å². The predicted molar refractivity (Wildman–Crippen MR) is 75.7 cm³/mol. The Hall–Kier alpha value is -1.74. The van der Waals surface area contributed by atoms with Crippen LogP contribution in [0, 0.1) is 32.4 Å². The second-order valence-electron chi connectivity index (χ2n) is 5.42. The Morgan fingerprint density at radius 3 is 2.10 bits per heavy atom. The van der Waals surface area contributed by atoms with Gasteiger partial charge < -0.3 is 5.11 Å². The molecule has 2 aromatic rings. The van der Waals surface area contributed by atoms with Crippen LogP contribution in [0.15, 0.2) is 30.3 Å². The van der Waals surface area contributed by atoms with E-state index >= 15 is 0 Å². The number of aliphatic hydroxyl groups is 1. The minimum atomic E-state index is -1.71. The van der Waals surface area contributed by atoms with Crippen LogP contribution in [-0.2, 0) is 5.60 Å². The van der Waals surface area contributed by atoms with Crippen molar-refractivity contribution in [3.8, 4) is 0 Å². The number of hydrogen-bond donors (Lipinski definition) is 1. The van der Waals surface area contributed by atoms with Gasteiger partial charge in [0.1, 0.15) is 17.2 Å². The van der Waals surface area contributed by atoms with Crippen molar-refractivity contribution < 1.29 is 13.9 Å². The van der Waals surface area contributed by atoms with E-state index < -0.39 is 17.2 Å². The molecule has 0 aromatic heterocycles. The summed E-state index contributed by atoms with van der Waals surface area (Å²) in [5.74, 6) is -1.44. The highest BCUT2D eigenvalue weighted by atomic mass is 19.1. The molecule has 0 amide bonds. The normalized spacial score (nSPS) is 14.2. The van der Waals surface area contributed by atoms with Crippen molar-refractivity contribution in [3.05, 3.63) is 69.8 Å². The van der Waals surface area contributed by atoms with Crippen molar-refractivity contribution in [2.45, 2.75) is 33.3 Å². The van der Waals surface area contributed by atoms with E-state index in [4.69, 9.17) is 0 Å². The van der Waals surface area contributed by atoms with Gasteiger partial charge in [0.05, 0.1) is 5.56 Å². The van der Waals surface area contributed by atoms with Gasteiger partial charge >= 0.3 is 0 Å². The molecule has 2 rings (SSSR count). The number of rotatable bonds is 2. The van der Waals surface area contributed by atoms with Crippen molar-refractivity contribution >= 4 is 0 Å². The van der Waals surface area contributed by atoms with Crippen LogP contribution in [0.5, 0.6) is 0 Å². The summed E-state index contributed by atoms with van der Waals surface area (Å²) in [6.07, 6.45) is 0. The zero-order valence-corrected chi connectivity index (χ0v) is 12.1. The smallest absolute Gasteiger partial charge is 0.135 e. The van der Waals surface area contributed by atoms with Crippen LogP contribution in [0.4, 0.5) is 8.78 Å². The predicted octanol–water partition coefficient (Wildman–Crippen LogP) is 4.15. The monoisotopic (exact) mass is 276 g/mol. The van der Waals surface area contributed by atoms with E-state index in [1.807, 2.05) is 19.9 Å². The number of aryl methyl sites for hydroxylation is 3. The van der Waals surface area contributed by atoms with E-state index in [0.29, 0.717) is 11.1 Å². The Morgan fingerprint density at radius 1 is 0.900 bits per heavy atom. The highest BCUT2D eigenvalue weighted by Gasteiger charge is 2.33. The van der Waals surface area contributed by atoms with Gasteiger partial charge in [-0.2, -0.15) is 0 Å². The maximum atomic E-state index is 14.2. The third-order valence-electron chi connectivity index (χ3n) is 3.84. The Balaban J connectivity index is 2.66. The molecular formula is C17H18F2O. The summed E-state index contributed by atoms with van der Waals surface area (Å²) in [6.45, 7) is 6.81. The maximum absolute atomic E-state index is 14.2. The summed E-state index contributed by atoms with van der Waals surface area (Å²) in [4.78, 5) is 0. The van der Waals surface area contributed by atoms with Gasteiger partial charge in [0.2, 0.25) is 0 Å². The van der Waals surface area contributed by atoms with Crippen LogP contribution in [0.25, 0.3) is 0 Å². The third kappa shape index (κ3) is 2.34. The van der Waals surface area contributed by atoms with Gasteiger partial charge in [-0.1, -0.05) is 24.3 Å². The molecule has 0 aliphatic heterocycles. The summed E-state index contributed by atoms with van der Waals surface area (Å²) in [5, 5.41) is 10.7.